The third-order valence-electron chi connectivity index (χ3n) is 2.23. The first-order valence-electron chi connectivity index (χ1n) is 4.18. The van der Waals surface area contributed by atoms with Crippen LogP contribution in [0.1, 0.15) is 11.1 Å². The molecular formula is C11H10N2. The molecule has 0 bridgehead atoms. The molecule has 0 unspecified atom stereocenters. The molecule has 0 spiro atoms. The number of hydrogen-bond acceptors (Lipinski definition) is 1. The maximum absolute atomic E-state index is 8.94. The summed E-state index contributed by atoms with van der Waals surface area (Å²) in [7, 11) is 1.96. The van der Waals surface area contributed by atoms with E-state index in [1.165, 1.54) is 0 Å². The minimum absolute atomic E-state index is 0.752. The molecule has 0 atom stereocenters. The van der Waals surface area contributed by atoms with Crippen molar-refractivity contribution in [1.29, 1.82) is 5.26 Å². The lowest BCUT2D eigenvalue weighted by molar-refractivity contribution is 0.967. The standard InChI is InChI=1S/C11H10N2/c1-8-5-9-3-4-13(2)11(9)10(6-8)7-12/h3-6H,1-2H3. The molecule has 1 aromatic carbocycles. The molecule has 0 aliphatic rings. The highest BCUT2D eigenvalue weighted by atomic mass is 14.9. The Morgan fingerprint density at radius 3 is 2.85 bits per heavy atom. The first kappa shape index (κ1) is 7.88. The predicted octanol–water partition coefficient (Wildman–Crippen LogP) is 2.36. The Bertz CT molecular complexity index is 501. The topological polar surface area (TPSA) is 28.7 Å². The summed E-state index contributed by atoms with van der Waals surface area (Å²) in [6, 6.07) is 8.26. The minimum atomic E-state index is 0.752. The van der Waals surface area contributed by atoms with Gasteiger partial charge in [-0.1, -0.05) is 0 Å². The van der Waals surface area contributed by atoms with E-state index in [0.717, 1.165) is 22.0 Å². The maximum Gasteiger partial charge on any atom is 0.101 e. The zero-order valence-electron chi connectivity index (χ0n) is 7.70. The first-order chi connectivity index (χ1) is 6.22. The van der Waals surface area contributed by atoms with Crippen molar-refractivity contribution < 1.29 is 0 Å². The summed E-state index contributed by atoms with van der Waals surface area (Å²) in [6.45, 7) is 2.01. The highest BCUT2D eigenvalue weighted by Crippen LogP contribution is 2.20. The second-order valence-corrected chi connectivity index (χ2v) is 3.29. The average Bonchev–Trinajstić information content (AvgIpc) is 2.46. The Hall–Kier alpha value is -1.75. The van der Waals surface area contributed by atoms with Gasteiger partial charge in [0.2, 0.25) is 0 Å². The van der Waals surface area contributed by atoms with E-state index in [9.17, 15) is 0 Å². The van der Waals surface area contributed by atoms with E-state index in [1.54, 1.807) is 0 Å². The van der Waals surface area contributed by atoms with Gasteiger partial charge in [-0.2, -0.15) is 5.26 Å². The van der Waals surface area contributed by atoms with Gasteiger partial charge >= 0.3 is 0 Å². The largest absolute Gasteiger partial charge is 0.349 e. The van der Waals surface area contributed by atoms with Crippen LogP contribution < -0.4 is 0 Å². The molecular weight excluding hydrogens is 160 g/mol. The van der Waals surface area contributed by atoms with Gasteiger partial charge in [-0.15, -0.1) is 0 Å². The molecule has 2 rings (SSSR count). The molecule has 0 radical (unpaired) electrons. The van der Waals surface area contributed by atoms with E-state index in [1.807, 2.05) is 36.9 Å². The van der Waals surface area contributed by atoms with Gasteiger partial charge < -0.3 is 4.57 Å². The predicted molar refractivity (Wildman–Crippen MR) is 52.4 cm³/mol. The Morgan fingerprint density at radius 1 is 1.38 bits per heavy atom. The van der Waals surface area contributed by atoms with Gasteiger partial charge in [-0.25, -0.2) is 0 Å². The van der Waals surface area contributed by atoms with Gasteiger partial charge in [-0.05, 0) is 30.7 Å². The molecule has 0 N–H and O–H groups in total. The number of nitrogens with zero attached hydrogens (tertiary/aromatic N) is 2. The van der Waals surface area contributed by atoms with Gasteiger partial charge in [0, 0.05) is 18.6 Å². The van der Waals surface area contributed by atoms with Crippen molar-refractivity contribution in [3.05, 3.63) is 35.5 Å². The number of nitriles is 1. The van der Waals surface area contributed by atoms with Crippen molar-refractivity contribution in [1.82, 2.24) is 4.57 Å². The highest BCUT2D eigenvalue weighted by Gasteiger charge is 2.04. The first-order valence-corrected chi connectivity index (χ1v) is 4.18. The molecule has 0 saturated carbocycles. The van der Waals surface area contributed by atoms with E-state index in [2.05, 4.69) is 12.1 Å². The second kappa shape index (κ2) is 2.63. The minimum Gasteiger partial charge on any atom is -0.349 e. The van der Waals surface area contributed by atoms with Crippen LogP contribution in [0.2, 0.25) is 0 Å². The number of fused-ring (bicyclic) bond motifs is 1. The van der Waals surface area contributed by atoms with Gasteiger partial charge in [0.25, 0.3) is 0 Å². The number of aromatic nitrogens is 1. The smallest absolute Gasteiger partial charge is 0.101 e. The third kappa shape index (κ3) is 1.09. The highest BCUT2D eigenvalue weighted by molar-refractivity contribution is 5.86. The summed E-state index contributed by atoms with van der Waals surface area (Å²) in [5.74, 6) is 0. The SMILES string of the molecule is Cc1cc(C#N)c2c(ccn2C)c1. The molecule has 0 saturated heterocycles. The molecule has 0 fully saturated rings. The van der Waals surface area contributed by atoms with Crippen LogP contribution in [-0.2, 0) is 7.05 Å². The maximum atomic E-state index is 8.94. The fraction of sp³-hybridized carbons (Fsp3) is 0.182. The Morgan fingerprint density at radius 2 is 2.15 bits per heavy atom. The zero-order valence-corrected chi connectivity index (χ0v) is 7.70. The fourth-order valence-electron chi connectivity index (χ4n) is 1.68. The van der Waals surface area contributed by atoms with Gasteiger partial charge in [0.15, 0.2) is 0 Å². The van der Waals surface area contributed by atoms with Crippen molar-refractivity contribution >= 4 is 10.9 Å². The van der Waals surface area contributed by atoms with Crippen LogP contribution in [0.4, 0.5) is 0 Å². The molecule has 2 nitrogen and oxygen atoms in total. The molecule has 2 heteroatoms. The Balaban J connectivity index is 2.95. The van der Waals surface area contributed by atoms with E-state index < -0.39 is 0 Å². The number of hydrogen-bond donors (Lipinski definition) is 0. The van der Waals surface area contributed by atoms with E-state index in [0.29, 0.717) is 0 Å². The monoisotopic (exact) mass is 170 g/mol. The van der Waals surface area contributed by atoms with E-state index in [4.69, 9.17) is 5.26 Å². The van der Waals surface area contributed by atoms with Crippen molar-refractivity contribution in [3.8, 4) is 6.07 Å². The summed E-state index contributed by atoms with van der Waals surface area (Å²) in [5, 5.41) is 10.1. The van der Waals surface area contributed by atoms with Gasteiger partial charge in [-0.3, -0.25) is 0 Å². The summed E-state index contributed by atoms with van der Waals surface area (Å²) in [6.07, 6.45) is 1.98. The zero-order chi connectivity index (χ0) is 9.42. The summed E-state index contributed by atoms with van der Waals surface area (Å²) < 4.78 is 1.98. The number of benzene rings is 1. The lowest BCUT2D eigenvalue weighted by atomic mass is 10.1. The van der Waals surface area contributed by atoms with Crippen LogP contribution in [0.15, 0.2) is 24.4 Å². The quantitative estimate of drug-likeness (QED) is 0.596. The van der Waals surface area contributed by atoms with E-state index >= 15 is 0 Å². The third-order valence-corrected chi connectivity index (χ3v) is 2.23. The molecule has 64 valence electrons. The molecule has 13 heavy (non-hydrogen) atoms. The Kier molecular flexibility index (Phi) is 1.60. The lowest BCUT2D eigenvalue weighted by Gasteiger charge is -2.00. The van der Waals surface area contributed by atoms with Crippen molar-refractivity contribution in [2.45, 2.75) is 6.92 Å². The molecule has 1 heterocycles. The van der Waals surface area contributed by atoms with Crippen LogP contribution in [0.5, 0.6) is 0 Å². The van der Waals surface area contributed by atoms with Crippen LogP contribution in [-0.4, -0.2) is 4.57 Å². The van der Waals surface area contributed by atoms with Gasteiger partial charge in [0.1, 0.15) is 6.07 Å². The van der Waals surface area contributed by atoms with Crippen molar-refractivity contribution in [2.75, 3.05) is 0 Å². The van der Waals surface area contributed by atoms with Crippen LogP contribution in [0, 0.1) is 18.3 Å². The molecule has 1 aromatic heterocycles. The Labute approximate surface area is 77.0 Å². The fourth-order valence-corrected chi connectivity index (χ4v) is 1.68. The molecule has 2 aromatic rings. The average molecular weight is 170 g/mol. The molecule has 0 aliphatic carbocycles. The second-order valence-electron chi connectivity index (χ2n) is 3.29. The number of rotatable bonds is 0. The summed E-state index contributed by atoms with van der Waals surface area (Å²) >= 11 is 0. The van der Waals surface area contributed by atoms with E-state index in [-0.39, 0.29) is 0 Å². The molecule has 0 aliphatic heterocycles. The van der Waals surface area contributed by atoms with Crippen molar-refractivity contribution in [3.63, 3.8) is 0 Å². The van der Waals surface area contributed by atoms with Crippen LogP contribution >= 0.6 is 0 Å². The molecule has 0 amide bonds. The van der Waals surface area contributed by atoms with Crippen LogP contribution in [0.25, 0.3) is 10.9 Å². The normalized spacial score (nSPS) is 10.2. The summed E-state index contributed by atoms with van der Waals surface area (Å²) in [5.41, 5.74) is 2.91. The van der Waals surface area contributed by atoms with Crippen molar-refractivity contribution in [2.24, 2.45) is 7.05 Å². The lowest BCUT2D eigenvalue weighted by Crippen LogP contribution is -1.88. The number of aryl methyl sites for hydroxylation is 2. The summed E-state index contributed by atoms with van der Waals surface area (Å²) in [4.78, 5) is 0. The van der Waals surface area contributed by atoms with Gasteiger partial charge in [0.05, 0.1) is 11.1 Å². The van der Waals surface area contributed by atoms with Crippen LogP contribution in [0.3, 0.4) is 0 Å².